The Morgan fingerprint density at radius 2 is 1.73 bits per heavy atom. The van der Waals surface area contributed by atoms with Gasteiger partial charge >= 0.3 is 6.18 Å². The average Bonchev–Trinajstić information content (AvgIpc) is 2.78. The minimum absolute atomic E-state index is 0.178. The van der Waals surface area contributed by atoms with Gasteiger partial charge in [0.15, 0.2) is 0 Å². The lowest BCUT2D eigenvalue weighted by molar-refractivity contribution is -0.137. The number of halogens is 3. The van der Waals surface area contributed by atoms with E-state index in [0.717, 1.165) is 24.2 Å². The number of aromatic nitrogens is 1. The van der Waals surface area contributed by atoms with Gasteiger partial charge in [-0.2, -0.15) is 13.2 Å². The first kappa shape index (κ1) is 24.3. The maximum Gasteiger partial charge on any atom is 0.416 e. The molecular weight excluding hydrogens is 431 g/mol. The molecule has 2 aromatic carbocycles. The van der Waals surface area contributed by atoms with Crippen molar-refractivity contribution in [2.75, 3.05) is 27.2 Å². The number of ether oxygens (including phenoxy) is 1. The molecule has 1 heterocycles. The summed E-state index contributed by atoms with van der Waals surface area (Å²) < 4.78 is 44.5. The van der Waals surface area contributed by atoms with E-state index >= 15 is 0 Å². The second-order valence-electron chi connectivity index (χ2n) is 7.86. The quantitative estimate of drug-likeness (QED) is 0.459. The van der Waals surface area contributed by atoms with Gasteiger partial charge in [0.2, 0.25) is 0 Å². The molecule has 0 bridgehead atoms. The van der Waals surface area contributed by atoms with E-state index in [1.807, 2.05) is 49.3 Å². The Bertz CT molecular complexity index is 1040. The summed E-state index contributed by atoms with van der Waals surface area (Å²) in [6, 6.07) is 17.1. The van der Waals surface area contributed by atoms with Crippen LogP contribution in [-0.4, -0.2) is 47.9 Å². The Kier molecular flexibility index (Phi) is 8.06. The van der Waals surface area contributed by atoms with Crippen LogP contribution in [0.15, 0.2) is 72.9 Å². The molecule has 0 saturated heterocycles. The van der Waals surface area contributed by atoms with Gasteiger partial charge in [-0.25, -0.2) is 0 Å². The van der Waals surface area contributed by atoms with Crippen LogP contribution in [-0.2, 0) is 19.3 Å². The van der Waals surface area contributed by atoms with Crippen LogP contribution < -0.4 is 4.74 Å². The summed E-state index contributed by atoms with van der Waals surface area (Å²) >= 11 is 0. The van der Waals surface area contributed by atoms with Crippen LogP contribution in [0.1, 0.15) is 27.2 Å². The van der Waals surface area contributed by atoms with Crippen LogP contribution in [0.3, 0.4) is 0 Å². The van der Waals surface area contributed by atoms with Crippen molar-refractivity contribution in [3.63, 3.8) is 0 Å². The maximum absolute atomic E-state index is 13.2. The summed E-state index contributed by atoms with van der Waals surface area (Å²) in [5, 5.41) is 0. The monoisotopic (exact) mass is 457 g/mol. The molecule has 3 aromatic rings. The van der Waals surface area contributed by atoms with Gasteiger partial charge in [-0.3, -0.25) is 9.78 Å². The highest BCUT2D eigenvalue weighted by atomic mass is 19.4. The van der Waals surface area contributed by atoms with E-state index in [1.165, 1.54) is 12.1 Å². The van der Waals surface area contributed by atoms with Crippen LogP contribution in [0.25, 0.3) is 0 Å². The number of hydrogen-bond acceptors (Lipinski definition) is 4. The fraction of sp³-hybridized carbons (Fsp3) is 0.280. The zero-order chi connectivity index (χ0) is 23.8. The van der Waals surface area contributed by atoms with Crippen molar-refractivity contribution in [1.82, 2.24) is 14.8 Å². The summed E-state index contributed by atoms with van der Waals surface area (Å²) in [5.74, 6) is 0.308. The predicted molar refractivity (Wildman–Crippen MR) is 120 cm³/mol. The molecule has 0 aliphatic heterocycles. The topological polar surface area (TPSA) is 45.7 Å². The van der Waals surface area contributed by atoms with Crippen molar-refractivity contribution in [2.24, 2.45) is 0 Å². The molecule has 0 saturated carbocycles. The van der Waals surface area contributed by atoms with E-state index in [-0.39, 0.29) is 24.6 Å². The van der Waals surface area contributed by atoms with Gasteiger partial charge in [0.1, 0.15) is 12.4 Å². The number of carbonyl (C=O) groups excluding carboxylic acids is 1. The van der Waals surface area contributed by atoms with Crippen LogP contribution in [0.5, 0.6) is 5.75 Å². The van der Waals surface area contributed by atoms with Crippen LogP contribution in [0.4, 0.5) is 13.2 Å². The lowest BCUT2D eigenvalue weighted by Crippen LogP contribution is -2.30. The van der Waals surface area contributed by atoms with E-state index < -0.39 is 11.7 Å². The van der Waals surface area contributed by atoms with Gasteiger partial charge in [-0.05, 0) is 68.2 Å². The predicted octanol–water partition coefficient (Wildman–Crippen LogP) is 4.88. The summed E-state index contributed by atoms with van der Waals surface area (Å²) in [6.45, 7) is 1.76. The van der Waals surface area contributed by atoms with Crippen LogP contribution in [0.2, 0.25) is 0 Å². The zero-order valence-corrected chi connectivity index (χ0v) is 18.5. The third-order valence-corrected chi connectivity index (χ3v) is 4.90. The highest BCUT2D eigenvalue weighted by Crippen LogP contribution is 2.29. The summed E-state index contributed by atoms with van der Waals surface area (Å²) in [5.41, 5.74) is 0.903. The van der Waals surface area contributed by atoms with E-state index in [4.69, 9.17) is 4.74 Å². The number of hydrogen-bond donors (Lipinski definition) is 0. The standard InChI is InChI=1S/C25H26F3N3O2/c1-30(2)14-15-33-23-8-5-6-19(16-23)17-31(18-22-7-3-4-13-29-22)24(32)20-9-11-21(12-10-20)25(26,27)28/h3-13,16H,14-15,17-18H2,1-2H3. The number of benzene rings is 2. The molecule has 0 unspecified atom stereocenters. The molecule has 1 aromatic heterocycles. The van der Waals surface area contributed by atoms with Gasteiger partial charge < -0.3 is 14.5 Å². The Labute approximate surface area is 191 Å². The zero-order valence-electron chi connectivity index (χ0n) is 18.5. The fourth-order valence-corrected chi connectivity index (χ4v) is 3.17. The van der Waals surface area contributed by atoms with Crippen molar-refractivity contribution in [2.45, 2.75) is 19.3 Å². The third kappa shape index (κ3) is 7.32. The second-order valence-corrected chi connectivity index (χ2v) is 7.86. The maximum atomic E-state index is 13.2. The first-order valence-electron chi connectivity index (χ1n) is 10.5. The fourth-order valence-electron chi connectivity index (χ4n) is 3.17. The first-order chi connectivity index (χ1) is 15.7. The first-order valence-corrected chi connectivity index (χ1v) is 10.5. The largest absolute Gasteiger partial charge is 0.492 e. The summed E-state index contributed by atoms with van der Waals surface area (Å²) in [4.78, 5) is 21.1. The SMILES string of the molecule is CN(C)CCOc1cccc(CN(Cc2ccccn2)C(=O)c2ccc(C(F)(F)F)cc2)c1. The number of likely N-dealkylation sites (N-methyl/N-ethyl adjacent to an activating group) is 1. The number of nitrogens with zero attached hydrogens (tertiary/aromatic N) is 3. The average molecular weight is 457 g/mol. The summed E-state index contributed by atoms with van der Waals surface area (Å²) in [7, 11) is 3.92. The van der Waals surface area contributed by atoms with Crippen LogP contribution in [0, 0.1) is 0 Å². The molecule has 0 radical (unpaired) electrons. The number of amides is 1. The molecule has 0 aliphatic rings. The number of rotatable bonds is 9. The van der Waals surface area contributed by atoms with Gasteiger partial charge in [-0.15, -0.1) is 0 Å². The van der Waals surface area contributed by atoms with Crippen molar-refractivity contribution in [3.05, 3.63) is 95.3 Å². The van der Waals surface area contributed by atoms with Gasteiger partial charge in [0.25, 0.3) is 5.91 Å². The van der Waals surface area contributed by atoms with Crippen LogP contribution >= 0.6 is 0 Å². The van der Waals surface area contributed by atoms with E-state index in [2.05, 4.69) is 4.98 Å². The number of pyridine rings is 1. The van der Waals surface area contributed by atoms with Gasteiger partial charge in [0.05, 0.1) is 17.8 Å². The highest BCUT2D eigenvalue weighted by Gasteiger charge is 2.30. The molecule has 174 valence electrons. The van der Waals surface area contributed by atoms with E-state index in [0.29, 0.717) is 18.1 Å². The molecule has 0 spiro atoms. The normalized spacial score (nSPS) is 11.5. The van der Waals surface area contributed by atoms with E-state index in [1.54, 1.807) is 23.2 Å². The smallest absolute Gasteiger partial charge is 0.416 e. The second kappa shape index (κ2) is 11.0. The molecule has 8 heteroatoms. The minimum Gasteiger partial charge on any atom is -0.492 e. The van der Waals surface area contributed by atoms with Crippen molar-refractivity contribution >= 4 is 5.91 Å². The lowest BCUT2D eigenvalue weighted by Gasteiger charge is -2.23. The lowest BCUT2D eigenvalue weighted by atomic mass is 10.1. The number of carbonyl (C=O) groups is 1. The Balaban J connectivity index is 1.80. The molecule has 1 amide bonds. The molecule has 5 nitrogen and oxygen atoms in total. The number of alkyl halides is 3. The van der Waals surface area contributed by atoms with Gasteiger partial charge in [-0.1, -0.05) is 18.2 Å². The molecule has 3 rings (SSSR count). The Morgan fingerprint density at radius 1 is 0.970 bits per heavy atom. The Morgan fingerprint density at radius 3 is 2.36 bits per heavy atom. The molecule has 0 N–H and O–H groups in total. The molecule has 0 fully saturated rings. The third-order valence-electron chi connectivity index (χ3n) is 4.90. The molecular formula is C25H26F3N3O2. The molecule has 33 heavy (non-hydrogen) atoms. The van der Waals surface area contributed by atoms with Crippen molar-refractivity contribution in [3.8, 4) is 5.75 Å². The summed E-state index contributed by atoms with van der Waals surface area (Å²) in [6.07, 6.45) is -2.82. The van der Waals surface area contributed by atoms with E-state index in [9.17, 15) is 18.0 Å². The van der Waals surface area contributed by atoms with Crippen molar-refractivity contribution in [1.29, 1.82) is 0 Å². The molecule has 0 aliphatic carbocycles. The Hall–Kier alpha value is -3.39. The van der Waals surface area contributed by atoms with Crippen molar-refractivity contribution < 1.29 is 22.7 Å². The van der Waals surface area contributed by atoms with Gasteiger partial charge in [0, 0.05) is 24.8 Å². The highest BCUT2D eigenvalue weighted by molar-refractivity contribution is 5.94. The minimum atomic E-state index is -4.46. The molecule has 0 atom stereocenters.